The predicted molar refractivity (Wildman–Crippen MR) is 106 cm³/mol. The largest absolute Gasteiger partial charge is 0.247 e. The van der Waals surface area contributed by atoms with Crippen molar-refractivity contribution >= 4 is 11.6 Å². The van der Waals surface area contributed by atoms with E-state index in [1.54, 1.807) is 6.92 Å². The molecule has 3 aromatic rings. The van der Waals surface area contributed by atoms with Crippen LogP contribution in [-0.2, 0) is 12.8 Å². The van der Waals surface area contributed by atoms with Crippen LogP contribution in [0, 0.1) is 0 Å². The molecule has 0 N–H and O–H groups in total. The summed E-state index contributed by atoms with van der Waals surface area (Å²) < 4.78 is 13.1. The van der Waals surface area contributed by atoms with E-state index in [4.69, 9.17) is 11.6 Å². The lowest BCUT2D eigenvalue weighted by Crippen LogP contribution is -1.97. The topological polar surface area (TPSA) is 0 Å². The van der Waals surface area contributed by atoms with Crippen molar-refractivity contribution in [1.29, 1.82) is 0 Å². The number of halogens is 2. The molecule has 2 heteroatoms. The summed E-state index contributed by atoms with van der Waals surface area (Å²) >= 11 is 5.78. The number of alkyl halides is 2. The highest BCUT2D eigenvalue weighted by molar-refractivity contribution is 6.17. The first-order valence-electron chi connectivity index (χ1n) is 8.64. The van der Waals surface area contributed by atoms with Crippen LogP contribution in [0.4, 0.5) is 4.39 Å². The van der Waals surface area contributed by atoms with E-state index < -0.39 is 6.17 Å². The molecule has 0 saturated heterocycles. The van der Waals surface area contributed by atoms with Gasteiger partial charge in [-0.15, -0.1) is 11.6 Å². The smallest absolute Gasteiger partial charge is 0.101 e. The fraction of sp³-hybridized carbons (Fsp3) is 0.217. The fourth-order valence-corrected chi connectivity index (χ4v) is 3.20. The standard InChI is InChI=1S/C23H22ClF/c1-17(25)16-19-4-8-21(9-5-19)23-12-10-22(11-13-23)20-6-2-18(3-7-20)14-15-24/h2-13,17H,14-16H2,1H3. The van der Waals surface area contributed by atoms with Crippen LogP contribution in [0.5, 0.6) is 0 Å². The Morgan fingerprint density at radius 1 is 0.680 bits per heavy atom. The quantitative estimate of drug-likeness (QED) is 0.433. The Morgan fingerprint density at radius 3 is 1.40 bits per heavy atom. The SMILES string of the molecule is CC(F)Cc1ccc(-c2ccc(-c3ccc(CCCl)cc3)cc2)cc1. The van der Waals surface area contributed by atoms with Crippen molar-refractivity contribution in [2.75, 3.05) is 5.88 Å². The minimum atomic E-state index is -0.805. The third-order valence-corrected chi connectivity index (χ3v) is 4.55. The molecular weight excluding hydrogens is 331 g/mol. The number of hydrogen-bond acceptors (Lipinski definition) is 0. The summed E-state index contributed by atoms with van der Waals surface area (Å²) in [5, 5.41) is 0. The monoisotopic (exact) mass is 352 g/mol. The summed E-state index contributed by atoms with van der Waals surface area (Å²) in [6.07, 6.45) is 0.567. The number of rotatable bonds is 6. The van der Waals surface area contributed by atoms with Gasteiger partial charge in [0.2, 0.25) is 0 Å². The average Bonchev–Trinajstić information content (AvgIpc) is 2.63. The molecule has 0 saturated carbocycles. The summed E-state index contributed by atoms with van der Waals surface area (Å²) in [5.41, 5.74) is 7.02. The van der Waals surface area contributed by atoms with Crippen molar-refractivity contribution in [2.24, 2.45) is 0 Å². The van der Waals surface area contributed by atoms with Gasteiger partial charge in [-0.2, -0.15) is 0 Å². The summed E-state index contributed by atoms with van der Waals surface area (Å²) in [6.45, 7) is 1.59. The van der Waals surface area contributed by atoms with Gasteiger partial charge in [0.05, 0.1) is 0 Å². The van der Waals surface area contributed by atoms with Crippen LogP contribution in [0.1, 0.15) is 18.1 Å². The highest BCUT2D eigenvalue weighted by Crippen LogP contribution is 2.26. The molecule has 1 atom stereocenters. The van der Waals surface area contributed by atoms with E-state index in [9.17, 15) is 4.39 Å². The van der Waals surface area contributed by atoms with Crippen LogP contribution in [0.15, 0.2) is 72.8 Å². The maximum Gasteiger partial charge on any atom is 0.101 e. The second-order valence-corrected chi connectivity index (χ2v) is 6.77. The Hall–Kier alpha value is -2.12. The van der Waals surface area contributed by atoms with Crippen LogP contribution in [0.3, 0.4) is 0 Å². The zero-order valence-electron chi connectivity index (χ0n) is 14.4. The Kier molecular flexibility index (Phi) is 5.88. The maximum atomic E-state index is 13.1. The zero-order valence-corrected chi connectivity index (χ0v) is 15.1. The Bertz CT molecular complexity index is 787. The first-order chi connectivity index (χ1) is 12.2. The van der Waals surface area contributed by atoms with Gasteiger partial charge in [-0.25, -0.2) is 4.39 Å². The van der Waals surface area contributed by atoms with Crippen LogP contribution >= 0.6 is 11.6 Å². The lowest BCUT2D eigenvalue weighted by atomic mass is 9.98. The van der Waals surface area contributed by atoms with E-state index in [1.807, 2.05) is 12.1 Å². The highest BCUT2D eigenvalue weighted by atomic mass is 35.5. The number of aryl methyl sites for hydroxylation is 1. The summed E-state index contributed by atoms with van der Waals surface area (Å²) in [5.74, 6) is 0.650. The Morgan fingerprint density at radius 2 is 1.04 bits per heavy atom. The third kappa shape index (κ3) is 4.70. The highest BCUT2D eigenvalue weighted by Gasteiger charge is 2.03. The van der Waals surface area contributed by atoms with Crippen molar-refractivity contribution in [3.8, 4) is 22.3 Å². The molecule has 0 heterocycles. The molecule has 0 radical (unpaired) electrons. The molecule has 3 aromatic carbocycles. The van der Waals surface area contributed by atoms with Gasteiger partial charge in [0.15, 0.2) is 0 Å². The van der Waals surface area contributed by atoms with E-state index >= 15 is 0 Å². The van der Waals surface area contributed by atoms with Crippen LogP contribution in [0.2, 0.25) is 0 Å². The summed E-state index contributed by atoms with van der Waals surface area (Å²) in [6, 6.07) is 25.3. The molecule has 0 bridgehead atoms. The summed E-state index contributed by atoms with van der Waals surface area (Å²) in [7, 11) is 0. The van der Waals surface area contributed by atoms with Crippen LogP contribution in [0.25, 0.3) is 22.3 Å². The molecule has 3 rings (SSSR count). The van der Waals surface area contributed by atoms with Crippen molar-refractivity contribution in [3.05, 3.63) is 83.9 Å². The van der Waals surface area contributed by atoms with Gasteiger partial charge in [-0.3, -0.25) is 0 Å². The first kappa shape index (κ1) is 17.7. The molecule has 25 heavy (non-hydrogen) atoms. The molecule has 0 aliphatic carbocycles. The van der Waals surface area contributed by atoms with E-state index in [0.717, 1.165) is 17.5 Å². The molecule has 0 fully saturated rings. The lowest BCUT2D eigenvalue weighted by Gasteiger charge is -2.07. The van der Waals surface area contributed by atoms with Crippen molar-refractivity contribution in [1.82, 2.24) is 0 Å². The Labute approximate surface area is 154 Å². The molecule has 0 nitrogen and oxygen atoms in total. The second kappa shape index (κ2) is 8.31. The molecule has 0 spiro atoms. The summed E-state index contributed by atoms with van der Waals surface area (Å²) in [4.78, 5) is 0. The molecule has 0 aliphatic rings. The van der Waals surface area contributed by atoms with Gasteiger partial charge in [0, 0.05) is 12.3 Å². The van der Waals surface area contributed by atoms with Gasteiger partial charge in [0.25, 0.3) is 0 Å². The maximum absolute atomic E-state index is 13.1. The van der Waals surface area contributed by atoms with E-state index in [2.05, 4.69) is 60.7 Å². The van der Waals surface area contributed by atoms with Crippen LogP contribution in [-0.4, -0.2) is 12.1 Å². The van der Waals surface area contributed by atoms with Gasteiger partial charge in [0.1, 0.15) is 6.17 Å². The zero-order chi connectivity index (χ0) is 17.6. The number of hydrogen-bond donors (Lipinski definition) is 0. The third-order valence-electron chi connectivity index (χ3n) is 4.36. The normalized spacial score (nSPS) is 12.1. The molecule has 128 valence electrons. The van der Waals surface area contributed by atoms with Crippen molar-refractivity contribution in [3.63, 3.8) is 0 Å². The molecule has 0 amide bonds. The van der Waals surface area contributed by atoms with Gasteiger partial charge >= 0.3 is 0 Å². The molecule has 1 unspecified atom stereocenters. The van der Waals surface area contributed by atoms with E-state index in [-0.39, 0.29) is 0 Å². The molecule has 0 aliphatic heterocycles. The lowest BCUT2D eigenvalue weighted by molar-refractivity contribution is 0.360. The first-order valence-corrected chi connectivity index (χ1v) is 9.18. The number of benzene rings is 3. The van der Waals surface area contributed by atoms with Crippen molar-refractivity contribution in [2.45, 2.75) is 25.9 Å². The molecular formula is C23H22ClF. The molecule has 0 aromatic heterocycles. The Balaban J connectivity index is 1.75. The minimum Gasteiger partial charge on any atom is -0.247 e. The second-order valence-electron chi connectivity index (χ2n) is 6.40. The van der Waals surface area contributed by atoms with Gasteiger partial charge < -0.3 is 0 Å². The fourth-order valence-electron chi connectivity index (χ4n) is 2.99. The average molecular weight is 353 g/mol. The minimum absolute atomic E-state index is 0.471. The van der Waals surface area contributed by atoms with Gasteiger partial charge in [-0.1, -0.05) is 72.8 Å². The predicted octanol–water partition coefficient (Wildman–Crippen LogP) is 6.70. The van der Waals surface area contributed by atoms with E-state index in [1.165, 1.54) is 22.3 Å². The van der Waals surface area contributed by atoms with Gasteiger partial charge in [-0.05, 0) is 46.7 Å². The van der Waals surface area contributed by atoms with Crippen molar-refractivity contribution < 1.29 is 4.39 Å². The van der Waals surface area contributed by atoms with Crippen LogP contribution < -0.4 is 0 Å². The van der Waals surface area contributed by atoms with E-state index in [0.29, 0.717) is 12.3 Å².